The fourth-order valence-corrected chi connectivity index (χ4v) is 1.88. The average Bonchev–Trinajstić information content (AvgIpc) is 2.10. The van der Waals surface area contributed by atoms with Crippen molar-refractivity contribution in [2.45, 2.75) is 12.5 Å². The molecule has 1 heterocycles. The van der Waals surface area contributed by atoms with Crippen LogP contribution < -0.4 is 5.73 Å². The summed E-state index contributed by atoms with van der Waals surface area (Å²) in [5.41, 5.74) is 6.86. The molecule has 1 unspecified atom stereocenters. The van der Waals surface area contributed by atoms with Crippen LogP contribution in [0.25, 0.3) is 0 Å². The molecule has 14 heavy (non-hydrogen) atoms. The highest BCUT2D eigenvalue weighted by molar-refractivity contribution is 5.29. The van der Waals surface area contributed by atoms with Crippen molar-refractivity contribution in [3.05, 3.63) is 29.8 Å². The predicted octanol–water partition coefficient (Wildman–Crippen LogP) is 1.10. The molecule has 0 aromatic heterocycles. The molecule has 1 aromatic rings. The topological polar surface area (TPSA) is 49.5 Å². The molecule has 0 aliphatic carbocycles. The smallest absolute Gasteiger partial charge is 0.115 e. The summed E-state index contributed by atoms with van der Waals surface area (Å²) in [5.74, 6) is 0.321. The van der Waals surface area contributed by atoms with Gasteiger partial charge in [-0.2, -0.15) is 0 Å². The highest BCUT2D eigenvalue weighted by Crippen LogP contribution is 2.26. The van der Waals surface area contributed by atoms with E-state index in [1.54, 1.807) is 12.1 Å². The van der Waals surface area contributed by atoms with E-state index in [0.29, 0.717) is 12.3 Å². The van der Waals surface area contributed by atoms with Gasteiger partial charge in [-0.15, -0.1) is 0 Å². The summed E-state index contributed by atoms with van der Waals surface area (Å²) in [6, 6.07) is 7.65. The average molecular weight is 192 g/mol. The van der Waals surface area contributed by atoms with Gasteiger partial charge >= 0.3 is 0 Å². The van der Waals surface area contributed by atoms with Crippen LogP contribution in [0.4, 0.5) is 0 Å². The van der Waals surface area contributed by atoms with Crippen molar-refractivity contribution in [1.29, 1.82) is 0 Å². The van der Waals surface area contributed by atoms with Crippen molar-refractivity contribution < 1.29 is 5.11 Å². The number of hydrogen-bond acceptors (Lipinski definition) is 3. The van der Waals surface area contributed by atoms with E-state index in [4.69, 9.17) is 5.73 Å². The number of aromatic hydroxyl groups is 1. The van der Waals surface area contributed by atoms with Crippen LogP contribution in [0.5, 0.6) is 5.75 Å². The Morgan fingerprint density at radius 3 is 2.71 bits per heavy atom. The summed E-state index contributed by atoms with van der Waals surface area (Å²) in [5, 5.41) is 9.37. The van der Waals surface area contributed by atoms with Gasteiger partial charge in [0.2, 0.25) is 0 Å². The van der Waals surface area contributed by atoms with E-state index < -0.39 is 0 Å². The molecule has 2 rings (SSSR count). The lowest BCUT2D eigenvalue weighted by Gasteiger charge is -2.38. The lowest BCUT2D eigenvalue weighted by molar-refractivity contribution is 0.122. The number of rotatable bonds is 3. The molecular weight excluding hydrogens is 176 g/mol. The quantitative estimate of drug-likeness (QED) is 0.754. The Balaban J connectivity index is 2.17. The third-order valence-electron chi connectivity index (χ3n) is 2.81. The van der Waals surface area contributed by atoms with Gasteiger partial charge in [-0.3, -0.25) is 4.90 Å². The summed E-state index contributed by atoms with van der Waals surface area (Å²) in [6.07, 6.45) is 1.26. The molecule has 0 amide bonds. The summed E-state index contributed by atoms with van der Waals surface area (Å²) >= 11 is 0. The van der Waals surface area contributed by atoms with Crippen LogP contribution in [0.3, 0.4) is 0 Å². The van der Waals surface area contributed by atoms with E-state index in [9.17, 15) is 5.11 Å². The van der Waals surface area contributed by atoms with Gasteiger partial charge in [0, 0.05) is 25.7 Å². The summed E-state index contributed by atoms with van der Waals surface area (Å²) in [6.45, 7) is 2.86. The number of nitrogens with zero attached hydrogens (tertiary/aromatic N) is 1. The molecule has 1 aromatic carbocycles. The van der Waals surface area contributed by atoms with Crippen LogP contribution >= 0.6 is 0 Å². The maximum absolute atomic E-state index is 9.37. The van der Waals surface area contributed by atoms with E-state index in [1.807, 2.05) is 12.1 Å². The van der Waals surface area contributed by atoms with Crippen molar-refractivity contribution >= 4 is 0 Å². The van der Waals surface area contributed by atoms with Crippen LogP contribution in [-0.4, -0.2) is 29.6 Å². The predicted molar refractivity (Wildman–Crippen MR) is 56.1 cm³/mol. The maximum atomic E-state index is 9.37. The van der Waals surface area contributed by atoms with E-state index in [0.717, 1.165) is 18.7 Å². The Hall–Kier alpha value is -1.06. The van der Waals surface area contributed by atoms with Crippen molar-refractivity contribution in [2.24, 2.45) is 5.73 Å². The van der Waals surface area contributed by atoms with Gasteiger partial charge in [0.15, 0.2) is 0 Å². The normalized spacial score (nSPS) is 18.9. The van der Waals surface area contributed by atoms with Gasteiger partial charge in [0.05, 0.1) is 0 Å². The van der Waals surface area contributed by atoms with Crippen LogP contribution in [0.1, 0.15) is 18.0 Å². The fourth-order valence-electron chi connectivity index (χ4n) is 1.88. The Kier molecular flexibility index (Phi) is 2.70. The van der Waals surface area contributed by atoms with Crippen LogP contribution in [0.2, 0.25) is 0 Å². The molecule has 3 N–H and O–H groups in total. The maximum Gasteiger partial charge on any atom is 0.115 e. The second kappa shape index (κ2) is 3.98. The molecule has 1 saturated heterocycles. The third-order valence-corrected chi connectivity index (χ3v) is 2.81. The number of phenolic OH excluding ortho intramolecular Hbond substituents is 1. The second-order valence-electron chi connectivity index (χ2n) is 3.74. The largest absolute Gasteiger partial charge is 0.508 e. The molecule has 0 radical (unpaired) electrons. The Morgan fingerprint density at radius 1 is 1.43 bits per heavy atom. The van der Waals surface area contributed by atoms with Gasteiger partial charge in [-0.1, -0.05) is 12.1 Å². The Bertz CT molecular complexity index is 310. The first-order chi connectivity index (χ1) is 6.81. The van der Waals surface area contributed by atoms with E-state index >= 15 is 0 Å². The highest BCUT2D eigenvalue weighted by Gasteiger charge is 2.23. The molecule has 1 fully saturated rings. The molecule has 3 heteroatoms. The first kappa shape index (κ1) is 9.49. The minimum Gasteiger partial charge on any atom is -0.508 e. The van der Waals surface area contributed by atoms with Gasteiger partial charge < -0.3 is 10.8 Å². The summed E-state index contributed by atoms with van der Waals surface area (Å²) < 4.78 is 0. The van der Waals surface area contributed by atoms with Crippen molar-refractivity contribution in [1.82, 2.24) is 4.90 Å². The van der Waals surface area contributed by atoms with Crippen LogP contribution in [0, 0.1) is 0 Å². The minimum absolute atomic E-state index is 0.274. The zero-order chi connectivity index (χ0) is 9.97. The summed E-state index contributed by atoms with van der Waals surface area (Å²) in [7, 11) is 0. The highest BCUT2D eigenvalue weighted by atomic mass is 16.3. The van der Waals surface area contributed by atoms with Gasteiger partial charge in [-0.25, -0.2) is 0 Å². The summed E-state index contributed by atoms with van der Waals surface area (Å²) in [4.78, 5) is 2.34. The first-order valence-electron chi connectivity index (χ1n) is 5.04. The molecule has 0 bridgehead atoms. The zero-order valence-electron chi connectivity index (χ0n) is 8.19. The molecule has 1 aliphatic heterocycles. The van der Waals surface area contributed by atoms with Crippen molar-refractivity contribution in [3.63, 3.8) is 0 Å². The van der Waals surface area contributed by atoms with Gasteiger partial charge in [-0.05, 0) is 24.1 Å². The molecule has 3 nitrogen and oxygen atoms in total. The SMILES string of the molecule is NCC(c1cccc(O)c1)N1CCC1. The molecule has 1 atom stereocenters. The molecule has 1 aliphatic rings. The van der Waals surface area contributed by atoms with Gasteiger partial charge in [0.1, 0.15) is 5.75 Å². The lowest BCUT2D eigenvalue weighted by atomic mass is 10.0. The first-order valence-corrected chi connectivity index (χ1v) is 5.04. The lowest BCUT2D eigenvalue weighted by Crippen LogP contribution is -2.43. The second-order valence-corrected chi connectivity index (χ2v) is 3.74. The standard InChI is InChI=1S/C11H16N2O/c12-8-11(13-5-2-6-13)9-3-1-4-10(14)7-9/h1,3-4,7,11,14H,2,5-6,8,12H2. The van der Waals surface area contributed by atoms with E-state index in [2.05, 4.69) is 4.90 Å². The van der Waals surface area contributed by atoms with E-state index in [1.165, 1.54) is 6.42 Å². The number of nitrogens with two attached hydrogens (primary N) is 1. The number of hydrogen-bond donors (Lipinski definition) is 2. The molecule has 76 valence electrons. The Labute approximate surface area is 84.1 Å². The van der Waals surface area contributed by atoms with Crippen molar-refractivity contribution in [2.75, 3.05) is 19.6 Å². The van der Waals surface area contributed by atoms with Crippen molar-refractivity contribution in [3.8, 4) is 5.75 Å². The molecule has 0 spiro atoms. The molecule has 0 saturated carbocycles. The zero-order valence-corrected chi connectivity index (χ0v) is 8.19. The molecular formula is C11H16N2O. The number of phenols is 1. The fraction of sp³-hybridized carbons (Fsp3) is 0.455. The van der Waals surface area contributed by atoms with Crippen LogP contribution in [0.15, 0.2) is 24.3 Å². The van der Waals surface area contributed by atoms with Crippen LogP contribution in [-0.2, 0) is 0 Å². The Morgan fingerprint density at radius 2 is 2.21 bits per heavy atom. The van der Waals surface area contributed by atoms with Gasteiger partial charge in [0.25, 0.3) is 0 Å². The third kappa shape index (κ3) is 1.74. The number of likely N-dealkylation sites (tertiary alicyclic amines) is 1. The number of benzene rings is 1. The monoisotopic (exact) mass is 192 g/mol. The van der Waals surface area contributed by atoms with E-state index in [-0.39, 0.29) is 6.04 Å². The minimum atomic E-state index is 0.274.